The van der Waals surface area contributed by atoms with Crippen LogP contribution in [0.1, 0.15) is 23.7 Å². The summed E-state index contributed by atoms with van der Waals surface area (Å²) in [5.74, 6) is -0.0543. The standard InChI is InChI=1S/C33H49N3O10/c1-29(37)11-13-39-15-17-41-19-21-43-23-25-45-27-28-46-26-24-44-22-20-42-18-16-40-14-12-34-33(38)30-7-9-32(10-8-30)36-35-31-5-3-2-4-6-31/h2-10H,11-28H2,1H3,(H,34,38). The Bertz CT molecular complexity index is 1060. The summed E-state index contributed by atoms with van der Waals surface area (Å²) in [4.78, 5) is 23.1. The van der Waals surface area contributed by atoms with E-state index in [0.29, 0.717) is 130 Å². The molecule has 256 valence electrons. The van der Waals surface area contributed by atoms with Crippen LogP contribution in [0.5, 0.6) is 0 Å². The smallest absolute Gasteiger partial charge is 0.251 e. The fraction of sp³-hybridized carbons (Fsp3) is 0.576. The molecule has 13 nitrogen and oxygen atoms in total. The predicted molar refractivity (Wildman–Crippen MR) is 171 cm³/mol. The Balaban J connectivity index is 1.26. The van der Waals surface area contributed by atoms with Gasteiger partial charge in [-0.15, -0.1) is 0 Å². The minimum Gasteiger partial charge on any atom is -0.379 e. The van der Waals surface area contributed by atoms with Gasteiger partial charge in [0.05, 0.1) is 117 Å². The molecule has 0 aliphatic heterocycles. The zero-order valence-corrected chi connectivity index (χ0v) is 26.9. The van der Waals surface area contributed by atoms with E-state index < -0.39 is 0 Å². The van der Waals surface area contributed by atoms with Gasteiger partial charge in [0.2, 0.25) is 0 Å². The lowest BCUT2D eigenvalue weighted by Crippen LogP contribution is -2.27. The number of hydrogen-bond acceptors (Lipinski definition) is 12. The molecular formula is C33H49N3O10. The molecule has 0 atom stereocenters. The normalized spacial score (nSPS) is 11.3. The number of azo groups is 1. The number of nitrogens with one attached hydrogen (secondary N) is 1. The highest BCUT2D eigenvalue weighted by atomic mass is 16.6. The molecular weight excluding hydrogens is 598 g/mol. The van der Waals surface area contributed by atoms with Gasteiger partial charge in [0, 0.05) is 18.5 Å². The highest BCUT2D eigenvalue weighted by Crippen LogP contribution is 2.18. The largest absolute Gasteiger partial charge is 0.379 e. The molecule has 0 saturated heterocycles. The van der Waals surface area contributed by atoms with E-state index in [1.54, 1.807) is 31.2 Å². The van der Waals surface area contributed by atoms with Crippen LogP contribution in [-0.2, 0) is 42.7 Å². The van der Waals surface area contributed by atoms with E-state index in [2.05, 4.69) is 15.5 Å². The van der Waals surface area contributed by atoms with E-state index in [1.807, 2.05) is 30.3 Å². The summed E-state index contributed by atoms with van der Waals surface area (Å²) >= 11 is 0. The average molecular weight is 648 g/mol. The number of rotatable bonds is 30. The number of nitrogens with zero attached hydrogens (tertiary/aromatic N) is 2. The number of amides is 1. The van der Waals surface area contributed by atoms with Crippen molar-refractivity contribution in [3.63, 3.8) is 0 Å². The molecule has 13 heteroatoms. The van der Waals surface area contributed by atoms with Crippen LogP contribution in [0.15, 0.2) is 64.8 Å². The summed E-state index contributed by atoms with van der Waals surface area (Å²) in [5, 5.41) is 11.2. The van der Waals surface area contributed by atoms with Crippen molar-refractivity contribution in [2.45, 2.75) is 13.3 Å². The zero-order valence-electron chi connectivity index (χ0n) is 26.9. The van der Waals surface area contributed by atoms with Crippen molar-refractivity contribution in [3.8, 4) is 0 Å². The zero-order chi connectivity index (χ0) is 32.8. The molecule has 0 fully saturated rings. The van der Waals surface area contributed by atoms with Crippen molar-refractivity contribution in [3.05, 3.63) is 60.2 Å². The molecule has 0 spiro atoms. The van der Waals surface area contributed by atoms with Crippen LogP contribution in [0.4, 0.5) is 11.4 Å². The van der Waals surface area contributed by atoms with Gasteiger partial charge in [-0.1, -0.05) is 18.2 Å². The van der Waals surface area contributed by atoms with Crippen molar-refractivity contribution in [2.75, 3.05) is 112 Å². The van der Waals surface area contributed by atoms with Crippen molar-refractivity contribution < 1.29 is 47.5 Å². The molecule has 1 amide bonds. The lowest BCUT2D eigenvalue weighted by Gasteiger charge is -2.09. The number of ketones is 1. The maximum Gasteiger partial charge on any atom is 0.251 e. The van der Waals surface area contributed by atoms with Crippen LogP contribution in [-0.4, -0.2) is 124 Å². The molecule has 0 aliphatic rings. The third-order valence-corrected chi connectivity index (χ3v) is 5.90. The van der Waals surface area contributed by atoms with Gasteiger partial charge < -0.3 is 43.2 Å². The lowest BCUT2D eigenvalue weighted by atomic mass is 10.2. The monoisotopic (exact) mass is 647 g/mol. The molecule has 0 aliphatic carbocycles. The van der Waals surface area contributed by atoms with Gasteiger partial charge in [0.25, 0.3) is 5.91 Å². The first-order valence-corrected chi connectivity index (χ1v) is 15.6. The van der Waals surface area contributed by atoms with Crippen molar-refractivity contribution in [2.24, 2.45) is 10.2 Å². The van der Waals surface area contributed by atoms with Gasteiger partial charge in [-0.2, -0.15) is 10.2 Å². The predicted octanol–water partition coefficient (Wildman–Crippen LogP) is 3.94. The van der Waals surface area contributed by atoms with Gasteiger partial charge in [0.15, 0.2) is 0 Å². The maximum absolute atomic E-state index is 12.3. The fourth-order valence-corrected chi connectivity index (χ4v) is 3.49. The number of hydrogen-bond donors (Lipinski definition) is 1. The van der Waals surface area contributed by atoms with Crippen molar-refractivity contribution >= 4 is 23.1 Å². The summed E-state index contributed by atoms with van der Waals surface area (Å²) < 4.78 is 43.4. The van der Waals surface area contributed by atoms with Gasteiger partial charge in [-0.3, -0.25) is 9.59 Å². The third kappa shape index (κ3) is 22.4. The van der Waals surface area contributed by atoms with Crippen molar-refractivity contribution in [1.29, 1.82) is 0 Å². The molecule has 0 unspecified atom stereocenters. The SMILES string of the molecule is CC(=O)CCOCCOCCOCCOCCOCCOCCOCCOCCNC(=O)c1ccc(N=Nc2ccccc2)cc1. The molecule has 0 bridgehead atoms. The molecule has 2 aromatic rings. The Morgan fingerprint density at radius 1 is 0.500 bits per heavy atom. The van der Waals surface area contributed by atoms with E-state index in [0.717, 1.165) is 5.69 Å². The second-order valence-electron chi connectivity index (χ2n) is 9.69. The summed E-state index contributed by atoms with van der Waals surface area (Å²) in [6.45, 7) is 9.41. The minimum absolute atomic E-state index is 0.121. The number of carbonyl (C=O) groups excluding carboxylic acids is 2. The second kappa shape index (κ2) is 28.1. The van der Waals surface area contributed by atoms with Crippen LogP contribution in [0, 0.1) is 0 Å². The summed E-state index contributed by atoms with van der Waals surface area (Å²) in [6, 6.07) is 16.4. The van der Waals surface area contributed by atoms with E-state index in [-0.39, 0.29) is 11.7 Å². The Kier molecular flexibility index (Phi) is 23.9. The second-order valence-corrected chi connectivity index (χ2v) is 9.69. The first-order chi connectivity index (χ1) is 22.6. The van der Waals surface area contributed by atoms with E-state index >= 15 is 0 Å². The first-order valence-electron chi connectivity index (χ1n) is 15.6. The Morgan fingerprint density at radius 2 is 0.870 bits per heavy atom. The maximum atomic E-state index is 12.3. The van der Waals surface area contributed by atoms with Gasteiger partial charge in [-0.25, -0.2) is 0 Å². The van der Waals surface area contributed by atoms with Gasteiger partial charge in [0.1, 0.15) is 5.78 Å². The summed E-state index contributed by atoms with van der Waals surface area (Å²) in [5.41, 5.74) is 1.98. The van der Waals surface area contributed by atoms with E-state index in [4.69, 9.17) is 37.9 Å². The molecule has 2 aromatic carbocycles. The highest BCUT2D eigenvalue weighted by Gasteiger charge is 2.04. The average Bonchev–Trinajstić information content (AvgIpc) is 3.07. The first kappa shape index (κ1) is 39.0. The molecule has 46 heavy (non-hydrogen) atoms. The number of benzene rings is 2. The van der Waals surface area contributed by atoms with Crippen LogP contribution in [0.2, 0.25) is 0 Å². The summed E-state index contributed by atoms with van der Waals surface area (Å²) in [6.07, 6.45) is 0.437. The molecule has 0 aromatic heterocycles. The number of ether oxygens (including phenoxy) is 8. The summed E-state index contributed by atoms with van der Waals surface area (Å²) in [7, 11) is 0. The van der Waals surface area contributed by atoms with Crippen LogP contribution in [0.25, 0.3) is 0 Å². The molecule has 1 N–H and O–H groups in total. The third-order valence-electron chi connectivity index (χ3n) is 5.90. The Labute approximate surface area is 271 Å². The molecule has 0 heterocycles. The Hall–Kier alpha value is -3.14. The highest BCUT2D eigenvalue weighted by molar-refractivity contribution is 5.94. The molecule has 0 radical (unpaired) electrons. The van der Waals surface area contributed by atoms with Gasteiger partial charge >= 0.3 is 0 Å². The lowest BCUT2D eigenvalue weighted by molar-refractivity contribution is -0.118. The number of Topliss-reactive ketones (excluding diaryl/α,β-unsaturated/α-hetero) is 1. The topological polar surface area (TPSA) is 145 Å². The van der Waals surface area contributed by atoms with E-state index in [9.17, 15) is 9.59 Å². The van der Waals surface area contributed by atoms with Gasteiger partial charge in [-0.05, 0) is 43.3 Å². The molecule has 0 saturated carbocycles. The minimum atomic E-state index is -0.176. The number of carbonyl (C=O) groups is 2. The van der Waals surface area contributed by atoms with Crippen molar-refractivity contribution in [1.82, 2.24) is 5.32 Å². The van der Waals surface area contributed by atoms with Crippen LogP contribution < -0.4 is 5.32 Å². The quantitative estimate of drug-likeness (QED) is 0.0978. The molecule has 2 rings (SSSR count). The van der Waals surface area contributed by atoms with E-state index in [1.165, 1.54) is 0 Å². The fourth-order valence-electron chi connectivity index (χ4n) is 3.49. The Morgan fingerprint density at radius 3 is 1.28 bits per heavy atom. The van der Waals surface area contributed by atoms with Crippen LogP contribution in [0.3, 0.4) is 0 Å². The van der Waals surface area contributed by atoms with Crippen LogP contribution >= 0.6 is 0 Å².